The van der Waals surface area contributed by atoms with Gasteiger partial charge in [-0.2, -0.15) is 0 Å². The van der Waals surface area contributed by atoms with E-state index in [0.29, 0.717) is 22.8 Å². The third-order valence-corrected chi connectivity index (χ3v) is 3.90. The van der Waals surface area contributed by atoms with Crippen molar-refractivity contribution in [2.45, 2.75) is 18.6 Å². The van der Waals surface area contributed by atoms with Gasteiger partial charge in [0.05, 0.1) is 7.11 Å². The number of hydrogen-bond acceptors (Lipinski definition) is 3. The average molecular weight is 308 g/mol. The van der Waals surface area contributed by atoms with E-state index < -0.39 is 6.10 Å². The molecule has 21 heavy (non-hydrogen) atoms. The summed E-state index contributed by atoms with van der Waals surface area (Å²) in [6, 6.07) is 9.80. The molecule has 2 unspecified atom stereocenters. The first-order chi connectivity index (χ1) is 10.1. The van der Waals surface area contributed by atoms with Crippen LogP contribution in [-0.4, -0.2) is 7.11 Å². The van der Waals surface area contributed by atoms with Gasteiger partial charge >= 0.3 is 0 Å². The van der Waals surface area contributed by atoms with Gasteiger partial charge in [-0.25, -0.2) is 4.39 Å². The molecular formula is C16H15ClFNO2. The maximum atomic E-state index is 14.0. The highest BCUT2D eigenvalue weighted by atomic mass is 35.5. The number of hydrogen-bond donors (Lipinski definition) is 1. The van der Waals surface area contributed by atoms with Crippen molar-refractivity contribution in [3.05, 3.63) is 58.4 Å². The molecule has 0 saturated heterocycles. The lowest BCUT2D eigenvalue weighted by atomic mass is 9.93. The van der Waals surface area contributed by atoms with Crippen molar-refractivity contribution in [1.29, 1.82) is 0 Å². The number of fused-ring (bicyclic) bond motifs is 1. The zero-order valence-corrected chi connectivity index (χ0v) is 12.2. The van der Waals surface area contributed by atoms with Crippen molar-refractivity contribution >= 4 is 11.6 Å². The molecular weight excluding hydrogens is 293 g/mol. The standard InChI is InChI=1S/C16H15ClFNO2/c1-20-10-3-5-15-12(7-10)14(19)8-16(21-15)11-4-2-9(17)6-13(11)18/h2-7,14,16H,8,19H2,1H3. The molecule has 1 aliphatic rings. The second kappa shape index (κ2) is 5.54. The summed E-state index contributed by atoms with van der Waals surface area (Å²) in [5, 5.41) is 0.362. The zero-order valence-electron chi connectivity index (χ0n) is 11.5. The summed E-state index contributed by atoms with van der Waals surface area (Å²) in [6.45, 7) is 0. The van der Waals surface area contributed by atoms with Crippen molar-refractivity contribution in [2.75, 3.05) is 7.11 Å². The number of rotatable bonds is 2. The fraction of sp³-hybridized carbons (Fsp3) is 0.250. The minimum atomic E-state index is -0.418. The molecule has 2 atom stereocenters. The highest BCUT2D eigenvalue weighted by molar-refractivity contribution is 6.30. The van der Waals surface area contributed by atoms with Crippen LogP contribution in [-0.2, 0) is 0 Å². The molecule has 0 aliphatic carbocycles. The molecule has 5 heteroatoms. The molecule has 0 fully saturated rings. The van der Waals surface area contributed by atoms with E-state index in [1.165, 1.54) is 6.07 Å². The number of ether oxygens (including phenoxy) is 2. The predicted octanol–water partition coefficient (Wildman–Crippen LogP) is 4.01. The van der Waals surface area contributed by atoms with Crippen LogP contribution in [0.25, 0.3) is 0 Å². The van der Waals surface area contributed by atoms with Crippen LogP contribution in [0.4, 0.5) is 4.39 Å². The van der Waals surface area contributed by atoms with Crippen LogP contribution in [0.3, 0.4) is 0 Å². The van der Waals surface area contributed by atoms with E-state index >= 15 is 0 Å². The van der Waals surface area contributed by atoms with Gasteiger partial charge in [-0.05, 0) is 30.3 Å². The van der Waals surface area contributed by atoms with Crippen molar-refractivity contribution in [3.8, 4) is 11.5 Å². The predicted molar refractivity (Wildman–Crippen MR) is 79.3 cm³/mol. The third-order valence-electron chi connectivity index (χ3n) is 3.66. The SMILES string of the molecule is COc1ccc2c(c1)C(N)CC(c1ccc(Cl)cc1F)O2. The van der Waals surface area contributed by atoms with Crippen molar-refractivity contribution in [1.82, 2.24) is 0 Å². The van der Waals surface area contributed by atoms with E-state index in [0.717, 1.165) is 11.3 Å². The van der Waals surface area contributed by atoms with Gasteiger partial charge in [0.25, 0.3) is 0 Å². The first-order valence-corrected chi connectivity index (χ1v) is 7.01. The number of benzene rings is 2. The highest BCUT2D eigenvalue weighted by Gasteiger charge is 2.29. The Hall–Kier alpha value is -1.78. The quantitative estimate of drug-likeness (QED) is 0.911. The summed E-state index contributed by atoms with van der Waals surface area (Å²) in [4.78, 5) is 0. The molecule has 0 saturated carbocycles. The van der Waals surface area contributed by atoms with Gasteiger partial charge in [-0.15, -0.1) is 0 Å². The molecule has 0 bridgehead atoms. The summed E-state index contributed by atoms with van der Waals surface area (Å²) in [6.07, 6.45) is 0.0804. The van der Waals surface area contributed by atoms with Gasteiger partial charge in [-0.1, -0.05) is 17.7 Å². The Balaban J connectivity index is 1.94. The van der Waals surface area contributed by atoms with Crippen LogP contribution in [0.5, 0.6) is 11.5 Å². The van der Waals surface area contributed by atoms with E-state index in [1.807, 2.05) is 6.07 Å². The van der Waals surface area contributed by atoms with Crippen molar-refractivity contribution in [3.63, 3.8) is 0 Å². The Morgan fingerprint density at radius 3 is 2.76 bits per heavy atom. The Morgan fingerprint density at radius 2 is 2.05 bits per heavy atom. The number of nitrogens with two attached hydrogens (primary N) is 1. The van der Waals surface area contributed by atoms with Crippen LogP contribution < -0.4 is 15.2 Å². The maximum absolute atomic E-state index is 14.0. The molecule has 1 heterocycles. The molecule has 0 aromatic heterocycles. The summed E-state index contributed by atoms with van der Waals surface area (Å²) >= 11 is 5.78. The van der Waals surface area contributed by atoms with Crippen molar-refractivity contribution < 1.29 is 13.9 Å². The van der Waals surface area contributed by atoms with Gasteiger partial charge < -0.3 is 15.2 Å². The fourth-order valence-electron chi connectivity index (χ4n) is 2.56. The summed E-state index contributed by atoms with van der Waals surface area (Å²) in [5.74, 6) is 1.01. The van der Waals surface area contributed by atoms with E-state index in [1.54, 1.807) is 31.4 Å². The van der Waals surface area contributed by atoms with Gasteiger partial charge in [0.15, 0.2) is 0 Å². The Morgan fingerprint density at radius 1 is 1.24 bits per heavy atom. The monoisotopic (exact) mass is 307 g/mol. The molecule has 2 aromatic rings. The zero-order chi connectivity index (χ0) is 15.0. The van der Waals surface area contributed by atoms with Crippen LogP contribution in [0, 0.1) is 5.82 Å². The lowest BCUT2D eigenvalue weighted by Gasteiger charge is -2.31. The maximum Gasteiger partial charge on any atom is 0.131 e. The summed E-state index contributed by atoms with van der Waals surface area (Å²) in [7, 11) is 1.60. The minimum absolute atomic E-state index is 0.232. The number of halogens is 2. The molecule has 2 aromatic carbocycles. The lowest BCUT2D eigenvalue weighted by molar-refractivity contribution is 0.157. The lowest BCUT2D eigenvalue weighted by Crippen LogP contribution is -2.24. The van der Waals surface area contributed by atoms with Crippen LogP contribution in [0.1, 0.15) is 29.7 Å². The van der Waals surface area contributed by atoms with Gasteiger partial charge in [-0.3, -0.25) is 0 Å². The summed E-state index contributed by atoms with van der Waals surface area (Å²) in [5.41, 5.74) is 7.54. The smallest absolute Gasteiger partial charge is 0.131 e. The Bertz CT molecular complexity index is 677. The van der Waals surface area contributed by atoms with Gasteiger partial charge in [0.1, 0.15) is 23.4 Å². The third kappa shape index (κ3) is 2.69. The van der Waals surface area contributed by atoms with E-state index in [-0.39, 0.29) is 11.9 Å². The second-order valence-electron chi connectivity index (χ2n) is 5.02. The van der Waals surface area contributed by atoms with Crippen LogP contribution >= 0.6 is 11.6 Å². The Kier molecular flexibility index (Phi) is 3.74. The topological polar surface area (TPSA) is 44.5 Å². The summed E-state index contributed by atoms with van der Waals surface area (Å²) < 4.78 is 25.1. The van der Waals surface area contributed by atoms with E-state index in [2.05, 4.69) is 0 Å². The molecule has 0 amide bonds. The van der Waals surface area contributed by atoms with Gasteiger partial charge in [0.2, 0.25) is 0 Å². The van der Waals surface area contributed by atoms with Crippen molar-refractivity contribution in [2.24, 2.45) is 5.73 Å². The Labute approximate surface area is 127 Å². The molecule has 1 aliphatic heterocycles. The normalized spacial score (nSPS) is 20.6. The molecule has 3 rings (SSSR count). The minimum Gasteiger partial charge on any atom is -0.497 e. The first kappa shape index (κ1) is 14.2. The van der Waals surface area contributed by atoms with Crippen LogP contribution in [0.2, 0.25) is 5.02 Å². The molecule has 0 radical (unpaired) electrons. The van der Waals surface area contributed by atoms with E-state index in [4.69, 9.17) is 26.8 Å². The molecule has 3 nitrogen and oxygen atoms in total. The van der Waals surface area contributed by atoms with E-state index in [9.17, 15) is 4.39 Å². The average Bonchev–Trinajstić information content (AvgIpc) is 2.47. The largest absolute Gasteiger partial charge is 0.497 e. The molecule has 110 valence electrons. The first-order valence-electron chi connectivity index (χ1n) is 6.63. The fourth-order valence-corrected chi connectivity index (χ4v) is 2.72. The van der Waals surface area contributed by atoms with Gasteiger partial charge in [0, 0.05) is 28.6 Å². The number of methoxy groups -OCH3 is 1. The molecule has 0 spiro atoms. The second-order valence-corrected chi connectivity index (χ2v) is 5.45. The van der Waals surface area contributed by atoms with Crippen LogP contribution in [0.15, 0.2) is 36.4 Å². The molecule has 2 N–H and O–H groups in total. The highest BCUT2D eigenvalue weighted by Crippen LogP contribution is 2.41.